The molecular formula is C14H20O4. The van der Waals surface area contributed by atoms with Crippen molar-refractivity contribution in [2.75, 3.05) is 14.2 Å². The molecule has 2 atom stereocenters. The molecule has 4 nitrogen and oxygen atoms in total. The number of hydrogen-bond donors (Lipinski definition) is 1. The number of rotatable bonds is 6. The van der Waals surface area contributed by atoms with Crippen molar-refractivity contribution in [3.63, 3.8) is 0 Å². The summed E-state index contributed by atoms with van der Waals surface area (Å²) in [5.74, 6) is -0.908. The van der Waals surface area contributed by atoms with Crippen LogP contribution < -0.4 is 0 Å². The normalized spacial score (nSPS) is 14.0. The van der Waals surface area contributed by atoms with E-state index in [9.17, 15) is 9.90 Å². The lowest BCUT2D eigenvalue weighted by molar-refractivity contribution is -0.149. The summed E-state index contributed by atoms with van der Waals surface area (Å²) < 4.78 is 9.71. The van der Waals surface area contributed by atoms with Crippen LogP contribution in [0.4, 0.5) is 0 Å². The second kappa shape index (κ2) is 7.13. The molecule has 0 spiro atoms. The molecule has 0 heterocycles. The van der Waals surface area contributed by atoms with E-state index in [-0.39, 0.29) is 5.97 Å². The monoisotopic (exact) mass is 252 g/mol. The molecule has 1 N–H and O–H groups in total. The van der Waals surface area contributed by atoms with Gasteiger partial charge < -0.3 is 14.6 Å². The molecule has 0 bridgehead atoms. The first kappa shape index (κ1) is 14.7. The Morgan fingerprint density at radius 1 is 1.28 bits per heavy atom. The fourth-order valence-corrected chi connectivity index (χ4v) is 1.88. The molecule has 0 aliphatic rings. The molecule has 0 aliphatic carbocycles. The highest BCUT2D eigenvalue weighted by Crippen LogP contribution is 2.26. The van der Waals surface area contributed by atoms with Gasteiger partial charge in [-0.1, -0.05) is 31.2 Å². The molecule has 100 valence electrons. The molecule has 1 rings (SSSR count). The van der Waals surface area contributed by atoms with Gasteiger partial charge in [0.1, 0.15) is 0 Å². The van der Waals surface area contributed by atoms with E-state index in [1.807, 2.05) is 31.2 Å². The van der Waals surface area contributed by atoms with E-state index < -0.39 is 12.0 Å². The van der Waals surface area contributed by atoms with Gasteiger partial charge >= 0.3 is 5.97 Å². The van der Waals surface area contributed by atoms with Crippen molar-refractivity contribution < 1.29 is 19.4 Å². The van der Waals surface area contributed by atoms with Crippen LogP contribution in [0.5, 0.6) is 0 Å². The van der Waals surface area contributed by atoms with Gasteiger partial charge in [-0.3, -0.25) is 4.79 Å². The zero-order chi connectivity index (χ0) is 13.5. The van der Waals surface area contributed by atoms with Gasteiger partial charge in [0.05, 0.1) is 25.7 Å². The summed E-state index contributed by atoms with van der Waals surface area (Å²) >= 11 is 0. The fourth-order valence-electron chi connectivity index (χ4n) is 1.88. The number of hydrogen-bond acceptors (Lipinski definition) is 4. The molecule has 1 aromatic rings. The quantitative estimate of drug-likeness (QED) is 0.787. The van der Waals surface area contributed by atoms with Gasteiger partial charge in [-0.2, -0.15) is 0 Å². The Morgan fingerprint density at radius 3 is 2.33 bits per heavy atom. The predicted octanol–water partition coefficient (Wildman–Crippen LogP) is 2.07. The minimum absolute atomic E-state index is 0.383. The number of benzene rings is 1. The van der Waals surface area contributed by atoms with Crippen LogP contribution in [0.1, 0.15) is 30.6 Å². The lowest BCUT2D eigenvalue weighted by Crippen LogP contribution is -2.23. The third-order valence-corrected chi connectivity index (χ3v) is 2.96. The summed E-state index contributed by atoms with van der Waals surface area (Å²) in [5, 5.41) is 10.2. The number of esters is 1. The molecule has 2 unspecified atom stereocenters. The third-order valence-electron chi connectivity index (χ3n) is 2.96. The Hall–Kier alpha value is -1.39. The molecule has 0 aliphatic heterocycles. The van der Waals surface area contributed by atoms with Crippen molar-refractivity contribution in [1.29, 1.82) is 0 Å². The van der Waals surface area contributed by atoms with E-state index in [2.05, 4.69) is 4.74 Å². The average Bonchev–Trinajstić information content (AvgIpc) is 2.40. The third kappa shape index (κ3) is 3.55. The molecule has 0 radical (unpaired) electrons. The van der Waals surface area contributed by atoms with Crippen molar-refractivity contribution in [2.45, 2.75) is 26.1 Å². The first-order valence-electron chi connectivity index (χ1n) is 5.97. The largest absolute Gasteiger partial charge is 0.469 e. The molecule has 4 heteroatoms. The zero-order valence-corrected chi connectivity index (χ0v) is 11.1. The number of ether oxygens (including phenoxy) is 2. The number of aliphatic hydroxyl groups is 1. The van der Waals surface area contributed by atoms with Gasteiger partial charge in [0, 0.05) is 7.11 Å². The molecule has 1 aromatic carbocycles. The number of aliphatic hydroxyl groups excluding tert-OH is 1. The van der Waals surface area contributed by atoms with Crippen LogP contribution in [0.25, 0.3) is 0 Å². The van der Waals surface area contributed by atoms with Crippen molar-refractivity contribution in [3.05, 3.63) is 35.4 Å². The van der Waals surface area contributed by atoms with Crippen molar-refractivity contribution in [3.8, 4) is 0 Å². The van der Waals surface area contributed by atoms with E-state index >= 15 is 0 Å². The van der Waals surface area contributed by atoms with Crippen LogP contribution in [-0.4, -0.2) is 25.3 Å². The van der Waals surface area contributed by atoms with Gasteiger partial charge in [-0.15, -0.1) is 0 Å². The van der Waals surface area contributed by atoms with Crippen LogP contribution in [-0.2, 0) is 20.9 Å². The summed E-state index contributed by atoms with van der Waals surface area (Å²) in [7, 11) is 2.96. The summed E-state index contributed by atoms with van der Waals surface area (Å²) in [4.78, 5) is 11.5. The van der Waals surface area contributed by atoms with E-state index in [1.165, 1.54) is 7.11 Å². The molecular weight excluding hydrogens is 232 g/mol. The van der Waals surface area contributed by atoms with Crippen LogP contribution in [0, 0.1) is 5.92 Å². The Morgan fingerprint density at radius 2 is 1.89 bits per heavy atom. The zero-order valence-electron chi connectivity index (χ0n) is 11.1. The molecule has 0 saturated heterocycles. The number of carbonyl (C=O) groups is 1. The Balaban J connectivity index is 2.81. The highest BCUT2D eigenvalue weighted by molar-refractivity contribution is 5.73. The molecule has 0 saturated carbocycles. The summed E-state index contributed by atoms with van der Waals surface area (Å²) in [6.07, 6.45) is -0.299. The summed E-state index contributed by atoms with van der Waals surface area (Å²) in [6, 6.07) is 7.38. The van der Waals surface area contributed by atoms with Crippen molar-refractivity contribution in [2.24, 2.45) is 5.92 Å². The van der Waals surface area contributed by atoms with E-state index in [0.717, 1.165) is 5.56 Å². The van der Waals surface area contributed by atoms with Crippen LogP contribution >= 0.6 is 0 Å². The predicted molar refractivity (Wildman–Crippen MR) is 67.9 cm³/mol. The molecule has 0 amide bonds. The standard InChI is InChI=1S/C14H20O4/c1-4-12(14(16)18-3)13(15)11-7-5-10(6-8-11)9-17-2/h5-8,12-13,15H,4,9H2,1-3H3. The maximum absolute atomic E-state index is 11.5. The number of carbonyl (C=O) groups excluding carboxylic acids is 1. The van der Waals surface area contributed by atoms with E-state index in [4.69, 9.17) is 4.74 Å². The van der Waals surface area contributed by atoms with Crippen LogP contribution in [0.15, 0.2) is 24.3 Å². The topological polar surface area (TPSA) is 55.8 Å². The number of methoxy groups -OCH3 is 2. The van der Waals surface area contributed by atoms with Crippen LogP contribution in [0.2, 0.25) is 0 Å². The maximum Gasteiger partial charge on any atom is 0.311 e. The SMILES string of the molecule is CCC(C(=O)OC)C(O)c1ccc(COC)cc1. The van der Waals surface area contributed by atoms with Gasteiger partial charge in [0.25, 0.3) is 0 Å². The van der Waals surface area contributed by atoms with Gasteiger partial charge in [-0.05, 0) is 17.5 Å². The first-order valence-corrected chi connectivity index (χ1v) is 5.97. The molecule has 0 aromatic heterocycles. The lowest BCUT2D eigenvalue weighted by atomic mass is 9.93. The molecule has 18 heavy (non-hydrogen) atoms. The van der Waals surface area contributed by atoms with E-state index in [1.54, 1.807) is 7.11 Å². The second-order valence-corrected chi connectivity index (χ2v) is 4.16. The minimum Gasteiger partial charge on any atom is -0.469 e. The Bertz CT molecular complexity index is 372. The van der Waals surface area contributed by atoms with Crippen LogP contribution in [0.3, 0.4) is 0 Å². The van der Waals surface area contributed by atoms with Gasteiger partial charge in [0.2, 0.25) is 0 Å². The highest BCUT2D eigenvalue weighted by Gasteiger charge is 2.27. The lowest BCUT2D eigenvalue weighted by Gasteiger charge is -2.19. The smallest absolute Gasteiger partial charge is 0.311 e. The Kier molecular flexibility index (Phi) is 5.82. The van der Waals surface area contributed by atoms with E-state index in [0.29, 0.717) is 18.6 Å². The second-order valence-electron chi connectivity index (χ2n) is 4.16. The molecule has 0 fully saturated rings. The Labute approximate surface area is 108 Å². The summed E-state index contributed by atoms with van der Waals surface area (Å²) in [6.45, 7) is 2.38. The highest BCUT2D eigenvalue weighted by atomic mass is 16.5. The fraction of sp³-hybridized carbons (Fsp3) is 0.500. The van der Waals surface area contributed by atoms with Gasteiger partial charge in [-0.25, -0.2) is 0 Å². The van der Waals surface area contributed by atoms with Crippen molar-refractivity contribution in [1.82, 2.24) is 0 Å². The van der Waals surface area contributed by atoms with Gasteiger partial charge in [0.15, 0.2) is 0 Å². The average molecular weight is 252 g/mol. The summed E-state index contributed by atoms with van der Waals surface area (Å²) in [5.41, 5.74) is 1.74. The van der Waals surface area contributed by atoms with Crippen molar-refractivity contribution >= 4 is 5.97 Å². The maximum atomic E-state index is 11.5. The minimum atomic E-state index is -0.834. The first-order chi connectivity index (χ1) is 8.63.